The lowest BCUT2D eigenvalue weighted by Crippen LogP contribution is -2.08. The van der Waals surface area contributed by atoms with Crippen LogP contribution in [0.15, 0.2) is 24.3 Å². The summed E-state index contributed by atoms with van der Waals surface area (Å²) in [5.41, 5.74) is 5.89. The topological polar surface area (TPSA) is 55.5 Å². The first-order valence-corrected chi connectivity index (χ1v) is 3.31. The maximum atomic E-state index is 8.97. The van der Waals surface area contributed by atoms with Crippen LogP contribution in [0.2, 0.25) is 0 Å². The highest BCUT2D eigenvalue weighted by Crippen LogP contribution is 2.15. The molecule has 0 aliphatic rings. The van der Waals surface area contributed by atoms with Crippen LogP contribution in [0.25, 0.3) is 0 Å². The Hall–Kier alpha value is -1.06. The van der Waals surface area contributed by atoms with E-state index in [0.717, 1.165) is 0 Å². The van der Waals surface area contributed by atoms with Gasteiger partial charge in [-0.15, -0.1) is 0 Å². The largest absolute Gasteiger partial charge is 0.497 e. The molecule has 0 amide bonds. The van der Waals surface area contributed by atoms with Crippen molar-refractivity contribution in [3.63, 3.8) is 0 Å². The van der Waals surface area contributed by atoms with Crippen LogP contribution in [0.4, 0.5) is 0 Å². The molecule has 3 heteroatoms. The zero-order valence-electron chi connectivity index (χ0n) is 6.32. The summed E-state index contributed by atoms with van der Waals surface area (Å²) in [5, 5.41) is 8.97. The predicted octanol–water partition coefficient (Wildman–Crippen LogP) is 0.645. The summed E-state index contributed by atoms with van der Waals surface area (Å²) < 4.78 is 4.94. The molecule has 1 atom stereocenters. The van der Waals surface area contributed by atoms with Crippen molar-refractivity contribution in [2.75, 3.05) is 7.11 Å². The van der Waals surface area contributed by atoms with E-state index in [2.05, 4.69) is 0 Å². The lowest BCUT2D eigenvalue weighted by molar-refractivity contribution is 0.186. The molecule has 0 saturated carbocycles. The van der Waals surface area contributed by atoms with Gasteiger partial charge in [-0.3, -0.25) is 0 Å². The van der Waals surface area contributed by atoms with Crippen LogP contribution in [0.3, 0.4) is 0 Å². The first-order chi connectivity index (χ1) is 5.24. The summed E-state index contributed by atoms with van der Waals surface area (Å²) in [4.78, 5) is 0. The van der Waals surface area contributed by atoms with Gasteiger partial charge in [0.1, 0.15) is 12.0 Å². The average Bonchev–Trinajstić information content (AvgIpc) is 2.05. The highest BCUT2D eigenvalue weighted by Gasteiger charge is 2.00. The number of hydrogen-bond donors (Lipinski definition) is 2. The second-order valence-electron chi connectivity index (χ2n) is 2.22. The zero-order valence-corrected chi connectivity index (χ0v) is 6.32. The zero-order chi connectivity index (χ0) is 8.27. The van der Waals surface area contributed by atoms with Crippen molar-refractivity contribution in [3.8, 4) is 5.75 Å². The van der Waals surface area contributed by atoms with Crippen LogP contribution in [0.5, 0.6) is 5.75 Å². The van der Waals surface area contributed by atoms with E-state index in [-0.39, 0.29) is 0 Å². The summed E-state index contributed by atoms with van der Waals surface area (Å²) in [7, 11) is 1.57. The Morgan fingerprint density at radius 1 is 1.55 bits per heavy atom. The Morgan fingerprint density at radius 2 is 2.27 bits per heavy atom. The summed E-state index contributed by atoms with van der Waals surface area (Å²) in [6.45, 7) is 0. The van der Waals surface area contributed by atoms with Gasteiger partial charge in [0.05, 0.1) is 7.11 Å². The molecule has 0 bridgehead atoms. The van der Waals surface area contributed by atoms with Crippen molar-refractivity contribution < 1.29 is 9.84 Å². The number of rotatable bonds is 2. The predicted molar refractivity (Wildman–Crippen MR) is 42.1 cm³/mol. The Labute approximate surface area is 65.4 Å². The van der Waals surface area contributed by atoms with Gasteiger partial charge in [-0.25, -0.2) is 0 Å². The Balaban J connectivity index is 2.91. The van der Waals surface area contributed by atoms with Crippen molar-refractivity contribution in [2.45, 2.75) is 6.23 Å². The first-order valence-electron chi connectivity index (χ1n) is 3.31. The fraction of sp³-hybridized carbons (Fsp3) is 0.250. The normalized spacial score (nSPS) is 12.6. The smallest absolute Gasteiger partial charge is 0.128 e. The fourth-order valence-corrected chi connectivity index (χ4v) is 0.825. The third-order valence-electron chi connectivity index (χ3n) is 1.44. The maximum Gasteiger partial charge on any atom is 0.128 e. The van der Waals surface area contributed by atoms with Gasteiger partial charge in [0, 0.05) is 0 Å². The monoisotopic (exact) mass is 153 g/mol. The van der Waals surface area contributed by atoms with Gasteiger partial charge in [-0.2, -0.15) is 0 Å². The molecule has 0 saturated heterocycles. The number of aliphatic hydroxyl groups is 1. The third-order valence-corrected chi connectivity index (χ3v) is 1.44. The summed E-state index contributed by atoms with van der Waals surface area (Å²) in [6, 6.07) is 7.02. The van der Waals surface area contributed by atoms with Crippen LogP contribution in [0, 0.1) is 0 Å². The molecule has 1 aromatic rings. The first kappa shape index (κ1) is 8.04. The molecule has 11 heavy (non-hydrogen) atoms. The van der Waals surface area contributed by atoms with Gasteiger partial charge < -0.3 is 15.6 Å². The number of hydrogen-bond acceptors (Lipinski definition) is 3. The minimum absolute atomic E-state index is 0.657. The van der Waals surface area contributed by atoms with Crippen LogP contribution < -0.4 is 10.5 Å². The molecular formula is C8H11NO2. The molecule has 1 unspecified atom stereocenters. The molecule has 3 N–H and O–H groups in total. The number of methoxy groups -OCH3 is 1. The Morgan fingerprint density at radius 3 is 2.82 bits per heavy atom. The Bertz CT molecular complexity index is 235. The standard InChI is InChI=1S/C8H11NO2/c1-11-7-4-2-3-6(5-7)8(9)10/h2-5,8,10H,9H2,1H3. The molecule has 0 radical (unpaired) electrons. The van der Waals surface area contributed by atoms with Crippen LogP contribution in [0.1, 0.15) is 11.8 Å². The molecule has 1 rings (SSSR count). The molecule has 0 heterocycles. The highest BCUT2D eigenvalue weighted by atomic mass is 16.5. The average molecular weight is 153 g/mol. The van der Waals surface area contributed by atoms with Gasteiger partial charge in [-0.05, 0) is 17.7 Å². The lowest BCUT2D eigenvalue weighted by atomic mass is 10.2. The number of aliphatic hydroxyl groups excluding tert-OH is 1. The minimum Gasteiger partial charge on any atom is -0.497 e. The van der Waals surface area contributed by atoms with Crippen molar-refractivity contribution in [2.24, 2.45) is 5.73 Å². The molecule has 0 aliphatic heterocycles. The minimum atomic E-state index is -0.926. The SMILES string of the molecule is COc1cccc(C(N)O)c1. The number of nitrogens with two attached hydrogens (primary N) is 1. The molecule has 60 valence electrons. The van der Waals surface area contributed by atoms with E-state index in [1.165, 1.54) is 0 Å². The third kappa shape index (κ3) is 1.93. The summed E-state index contributed by atoms with van der Waals surface area (Å²) >= 11 is 0. The molecule has 1 aromatic carbocycles. The van der Waals surface area contributed by atoms with E-state index in [1.807, 2.05) is 0 Å². The number of benzene rings is 1. The number of ether oxygens (including phenoxy) is 1. The van der Waals surface area contributed by atoms with Gasteiger partial charge in [0.2, 0.25) is 0 Å². The van der Waals surface area contributed by atoms with E-state index < -0.39 is 6.23 Å². The van der Waals surface area contributed by atoms with Gasteiger partial charge in [-0.1, -0.05) is 12.1 Å². The second kappa shape index (κ2) is 3.37. The van der Waals surface area contributed by atoms with E-state index in [9.17, 15) is 0 Å². The molecule has 0 aliphatic carbocycles. The van der Waals surface area contributed by atoms with Gasteiger partial charge in [0.15, 0.2) is 0 Å². The van der Waals surface area contributed by atoms with E-state index in [1.54, 1.807) is 31.4 Å². The highest BCUT2D eigenvalue weighted by molar-refractivity contribution is 5.29. The van der Waals surface area contributed by atoms with Crippen LogP contribution in [-0.4, -0.2) is 12.2 Å². The van der Waals surface area contributed by atoms with Gasteiger partial charge >= 0.3 is 0 Å². The fourth-order valence-electron chi connectivity index (χ4n) is 0.825. The summed E-state index contributed by atoms with van der Waals surface area (Å²) in [6.07, 6.45) is -0.926. The van der Waals surface area contributed by atoms with Gasteiger partial charge in [0.25, 0.3) is 0 Å². The molecule has 0 spiro atoms. The molecule has 0 fully saturated rings. The second-order valence-corrected chi connectivity index (χ2v) is 2.22. The van der Waals surface area contributed by atoms with Crippen LogP contribution >= 0.6 is 0 Å². The summed E-state index contributed by atoms with van der Waals surface area (Å²) in [5.74, 6) is 0.701. The lowest BCUT2D eigenvalue weighted by Gasteiger charge is -2.05. The van der Waals surface area contributed by atoms with E-state index >= 15 is 0 Å². The van der Waals surface area contributed by atoms with Crippen LogP contribution in [-0.2, 0) is 0 Å². The van der Waals surface area contributed by atoms with Crippen molar-refractivity contribution in [1.82, 2.24) is 0 Å². The van der Waals surface area contributed by atoms with E-state index in [4.69, 9.17) is 15.6 Å². The molecule has 0 aromatic heterocycles. The molecule has 3 nitrogen and oxygen atoms in total. The van der Waals surface area contributed by atoms with Crippen molar-refractivity contribution in [1.29, 1.82) is 0 Å². The van der Waals surface area contributed by atoms with Crippen molar-refractivity contribution in [3.05, 3.63) is 29.8 Å². The van der Waals surface area contributed by atoms with E-state index in [0.29, 0.717) is 11.3 Å². The maximum absolute atomic E-state index is 8.97. The Kier molecular flexibility index (Phi) is 2.46. The molecular weight excluding hydrogens is 142 g/mol. The quantitative estimate of drug-likeness (QED) is 0.613. The van der Waals surface area contributed by atoms with Crippen molar-refractivity contribution >= 4 is 0 Å².